The van der Waals surface area contributed by atoms with Gasteiger partial charge in [0.25, 0.3) is 0 Å². The fourth-order valence-electron chi connectivity index (χ4n) is 1.69. The van der Waals surface area contributed by atoms with Crippen LogP contribution >= 0.6 is 11.8 Å². The molecule has 0 bridgehead atoms. The third-order valence-corrected chi connectivity index (χ3v) is 3.56. The minimum absolute atomic E-state index is 0.00890. The van der Waals surface area contributed by atoms with Crippen LogP contribution < -0.4 is 0 Å². The molecule has 2 heterocycles. The van der Waals surface area contributed by atoms with Crippen LogP contribution in [-0.2, 0) is 24.8 Å². The molecular weight excluding hydrogens is 266 g/mol. The van der Waals surface area contributed by atoms with Gasteiger partial charge in [0.05, 0.1) is 11.9 Å². The topological polar surface area (TPSA) is 85.8 Å². The molecule has 19 heavy (non-hydrogen) atoms. The monoisotopic (exact) mass is 281 g/mol. The highest BCUT2D eigenvalue weighted by Crippen LogP contribution is 2.17. The smallest absolute Gasteiger partial charge is 0.313 e. The number of carboxylic acid groups (broad SMARTS) is 1. The minimum Gasteiger partial charge on any atom is -0.481 e. The van der Waals surface area contributed by atoms with Gasteiger partial charge in [0.1, 0.15) is 5.82 Å². The Labute approximate surface area is 114 Å². The largest absolute Gasteiger partial charge is 0.481 e. The van der Waals surface area contributed by atoms with Crippen molar-refractivity contribution >= 4 is 17.7 Å². The number of carbonyl (C=O) groups is 1. The zero-order chi connectivity index (χ0) is 13.8. The third-order valence-electron chi connectivity index (χ3n) is 2.61. The van der Waals surface area contributed by atoms with E-state index in [1.807, 2.05) is 30.9 Å². The normalized spacial score (nSPS) is 10.8. The van der Waals surface area contributed by atoms with E-state index in [9.17, 15) is 4.79 Å². The molecule has 0 fully saturated rings. The second-order valence-corrected chi connectivity index (χ2v) is 5.08. The van der Waals surface area contributed by atoms with Gasteiger partial charge in [0, 0.05) is 19.8 Å². The highest BCUT2D eigenvalue weighted by Gasteiger charge is 2.11. The molecule has 1 N–H and O–H groups in total. The van der Waals surface area contributed by atoms with Crippen LogP contribution in [0.4, 0.5) is 0 Å². The molecular formula is C11H15N5O2S. The van der Waals surface area contributed by atoms with Gasteiger partial charge in [-0.3, -0.25) is 9.48 Å². The maximum absolute atomic E-state index is 10.6. The summed E-state index contributed by atoms with van der Waals surface area (Å²) in [5.74, 6) is -0.0772. The Bertz CT molecular complexity index is 577. The van der Waals surface area contributed by atoms with Crippen LogP contribution in [0.3, 0.4) is 0 Å². The fraction of sp³-hybridized carbons (Fsp3) is 0.455. The molecule has 102 valence electrons. The van der Waals surface area contributed by atoms with Crippen molar-refractivity contribution < 1.29 is 9.90 Å². The number of hydrogen-bond donors (Lipinski definition) is 1. The summed E-state index contributed by atoms with van der Waals surface area (Å²) in [5.41, 5.74) is 1.13. The highest BCUT2D eigenvalue weighted by molar-refractivity contribution is 7.99. The average Bonchev–Trinajstić information content (AvgIpc) is 2.91. The van der Waals surface area contributed by atoms with Crippen LogP contribution in [0.25, 0.3) is 0 Å². The predicted molar refractivity (Wildman–Crippen MR) is 70.0 cm³/mol. The molecule has 2 aromatic heterocycles. The molecule has 0 atom stereocenters. The molecule has 0 aliphatic carbocycles. The molecule has 0 spiro atoms. The van der Waals surface area contributed by atoms with Crippen LogP contribution in [0.2, 0.25) is 0 Å². The van der Waals surface area contributed by atoms with Gasteiger partial charge in [-0.2, -0.15) is 5.10 Å². The lowest BCUT2D eigenvalue weighted by atomic mass is 10.2. The van der Waals surface area contributed by atoms with Gasteiger partial charge in [-0.1, -0.05) is 11.8 Å². The van der Waals surface area contributed by atoms with Crippen molar-refractivity contribution in [1.29, 1.82) is 0 Å². The molecule has 7 nitrogen and oxygen atoms in total. The van der Waals surface area contributed by atoms with E-state index in [-0.39, 0.29) is 5.75 Å². The summed E-state index contributed by atoms with van der Waals surface area (Å²) in [6, 6.07) is 0. The number of aromatic nitrogens is 5. The summed E-state index contributed by atoms with van der Waals surface area (Å²) in [4.78, 5) is 10.6. The number of rotatable bonds is 6. The second kappa shape index (κ2) is 5.87. The minimum atomic E-state index is -0.857. The Hall–Kier alpha value is -1.83. The van der Waals surface area contributed by atoms with Crippen molar-refractivity contribution in [3.63, 3.8) is 0 Å². The lowest BCUT2D eigenvalue weighted by Gasteiger charge is -2.06. The predicted octanol–water partition coefficient (Wildman–Crippen LogP) is 0.739. The SMILES string of the molecule is Cc1nnc(SCC(=O)O)n1CCc1cnn(C)c1. The quantitative estimate of drug-likeness (QED) is 0.786. The molecule has 0 radical (unpaired) electrons. The summed E-state index contributed by atoms with van der Waals surface area (Å²) in [5, 5.41) is 21.4. The lowest BCUT2D eigenvalue weighted by molar-refractivity contribution is -0.133. The zero-order valence-corrected chi connectivity index (χ0v) is 11.6. The van der Waals surface area contributed by atoms with Crippen LogP contribution in [0, 0.1) is 6.92 Å². The third kappa shape index (κ3) is 3.57. The van der Waals surface area contributed by atoms with Crippen LogP contribution in [-0.4, -0.2) is 41.4 Å². The molecule has 0 unspecified atom stereocenters. The van der Waals surface area contributed by atoms with Crippen molar-refractivity contribution in [1.82, 2.24) is 24.5 Å². The van der Waals surface area contributed by atoms with Gasteiger partial charge < -0.3 is 9.67 Å². The highest BCUT2D eigenvalue weighted by atomic mass is 32.2. The Balaban J connectivity index is 2.02. The van der Waals surface area contributed by atoms with Crippen molar-refractivity contribution in [2.45, 2.75) is 25.0 Å². The van der Waals surface area contributed by atoms with Crippen molar-refractivity contribution in [3.8, 4) is 0 Å². The molecule has 0 aromatic carbocycles. The standard InChI is InChI=1S/C11H15N5O2S/c1-8-13-14-11(19-7-10(17)18)16(8)4-3-9-5-12-15(2)6-9/h5-6H,3-4,7H2,1-2H3,(H,17,18). The van der Waals surface area contributed by atoms with Crippen LogP contribution in [0.15, 0.2) is 17.6 Å². The van der Waals surface area contributed by atoms with E-state index in [1.165, 1.54) is 11.8 Å². The molecule has 2 rings (SSSR count). The van der Waals surface area contributed by atoms with E-state index in [2.05, 4.69) is 15.3 Å². The van der Waals surface area contributed by atoms with E-state index in [4.69, 9.17) is 5.11 Å². The average molecular weight is 281 g/mol. The van der Waals surface area contributed by atoms with Crippen molar-refractivity contribution in [2.75, 3.05) is 5.75 Å². The molecule has 0 saturated heterocycles. The van der Waals surface area contributed by atoms with Gasteiger partial charge in [-0.15, -0.1) is 10.2 Å². The zero-order valence-electron chi connectivity index (χ0n) is 10.8. The first-order valence-electron chi connectivity index (χ1n) is 5.78. The molecule has 0 amide bonds. The first-order chi connectivity index (χ1) is 9.06. The Morgan fingerprint density at radius 3 is 2.89 bits per heavy atom. The molecule has 0 aliphatic rings. The molecule has 0 saturated carbocycles. The van der Waals surface area contributed by atoms with Gasteiger partial charge in [-0.05, 0) is 18.9 Å². The van der Waals surface area contributed by atoms with E-state index in [0.29, 0.717) is 11.7 Å². The molecule has 2 aromatic rings. The first-order valence-corrected chi connectivity index (χ1v) is 6.76. The number of aryl methyl sites for hydroxylation is 3. The Kier molecular flexibility index (Phi) is 4.20. The maximum atomic E-state index is 10.6. The summed E-state index contributed by atoms with van der Waals surface area (Å²) >= 11 is 1.19. The van der Waals surface area contributed by atoms with Gasteiger partial charge >= 0.3 is 5.97 Å². The first kappa shape index (κ1) is 13.6. The second-order valence-electron chi connectivity index (χ2n) is 4.14. The Morgan fingerprint density at radius 2 is 2.26 bits per heavy atom. The van der Waals surface area contributed by atoms with Crippen molar-refractivity contribution in [2.24, 2.45) is 7.05 Å². The van der Waals surface area contributed by atoms with E-state index < -0.39 is 5.97 Å². The van der Waals surface area contributed by atoms with E-state index in [1.54, 1.807) is 4.68 Å². The van der Waals surface area contributed by atoms with Crippen LogP contribution in [0.5, 0.6) is 0 Å². The number of aliphatic carboxylic acids is 1. The maximum Gasteiger partial charge on any atom is 0.313 e. The van der Waals surface area contributed by atoms with Gasteiger partial charge in [0.2, 0.25) is 0 Å². The summed E-state index contributed by atoms with van der Waals surface area (Å²) in [7, 11) is 1.88. The number of carboxylic acids is 1. The molecule has 0 aliphatic heterocycles. The summed E-state index contributed by atoms with van der Waals surface area (Å²) in [6.45, 7) is 2.58. The van der Waals surface area contributed by atoms with Gasteiger partial charge in [-0.25, -0.2) is 0 Å². The van der Waals surface area contributed by atoms with Gasteiger partial charge in [0.15, 0.2) is 5.16 Å². The lowest BCUT2D eigenvalue weighted by Crippen LogP contribution is -2.06. The Morgan fingerprint density at radius 1 is 1.47 bits per heavy atom. The van der Waals surface area contributed by atoms with E-state index in [0.717, 1.165) is 17.8 Å². The number of nitrogens with zero attached hydrogens (tertiary/aromatic N) is 5. The van der Waals surface area contributed by atoms with E-state index >= 15 is 0 Å². The molecule has 8 heteroatoms. The van der Waals surface area contributed by atoms with Crippen molar-refractivity contribution in [3.05, 3.63) is 23.8 Å². The number of thioether (sulfide) groups is 1. The fourth-order valence-corrected chi connectivity index (χ4v) is 2.42. The summed E-state index contributed by atoms with van der Waals surface area (Å²) < 4.78 is 3.69. The summed E-state index contributed by atoms with van der Waals surface area (Å²) in [6.07, 6.45) is 4.60. The van der Waals surface area contributed by atoms with Crippen LogP contribution in [0.1, 0.15) is 11.4 Å². The number of hydrogen-bond acceptors (Lipinski definition) is 5.